The van der Waals surface area contributed by atoms with Crippen molar-refractivity contribution in [2.75, 3.05) is 11.4 Å². The van der Waals surface area contributed by atoms with Crippen molar-refractivity contribution in [2.24, 2.45) is 10.7 Å². The first kappa shape index (κ1) is 14.2. The van der Waals surface area contributed by atoms with Crippen LogP contribution in [0.15, 0.2) is 53.5 Å². The molecular weight excluding hydrogens is 305 g/mol. The third kappa shape index (κ3) is 2.47. The highest BCUT2D eigenvalue weighted by atomic mass is 35.5. The van der Waals surface area contributed by atoms with Crippen molar-refractivity contribution in [1.82, 2.24) is 0 Å². The molecule has 2 aromatic carbocycles. The molecule has 0 aliphatic carbocycles. The summed E-state index contributed by atoms with van der Waals surface area (Å²) in [5.41, 5.74) is 7.86. The van der Waals surface area contributed by atoms with E-state index in [0.29, 0.717) is 22.5 Å². The second kappa shape index (κ2) is 5.24. The Morgan fingerprint density at radius 3 is 2.10 bits per heavy atom. The molecule has 0 amide bonds. The van der Waals surface area contributed by atoms with Crippen molar-refractivity contribution in [3.63, 3.8) is 0 Å². The highest BCUT2D eigenvalue weighted by molar-refractivity contribution is 6.30. The Morgan fingerprint density at radius 1 is 1.00 bits per heavy atom. The van der Waals surface area contributed by atoms with Gasteiger partial charge in [0.1, 0.15) is 0 Å². The second-order valence-corrected chi connectivity index (χ2v) is 6.14. The first-order chi connectivity index (χ1) is 10.0. The lowest BCUT2D eigenvalue weighted by molar-refractivity contribution is 0.533. The Balaban J connectivity index is 2.05. The van der Waals surface area contributed by atoms with Crippen LogP contribution in [0.25, 0.3) is 0 Å². The molecule has 1 aliphatic rings. The number of benzene rings is 2. The average molecular weight is 320 g/mol. The maximum atomic E-state index is 6.11. The van der Waals surface area contributed by atoms with Gasteiger partial charge in [0.15, 0.2) is 5.96 Å². The second-order valence-electron chi connectivity index (χ2n) is 5.27. The van der Waals surface area contributed by atoms with Gasteiger partial charge in [-0.15, -0.1) is 0 Å². The number of nitrogens with zero attached hydrogens (tertiary/aromatic N) is 2. The Hall–Kier alpha value is -1.71. The van der Waals surface area contributed by atoms with Crippen molar-refractivity contribution in [1.29, 1.82) is 0 Å². The quantitative estimate of drug-likeness (QED) is 0.907. The number of halogens is 2. The van der Waals surface area contributed by atoms with E-state index in [4.69, 9.17) is 28.9 Å². The molecule has 1 atom stereocenters. The molecule has 0 aromatic heterocycles. The molecule has 3 nitrogen and oxygen atoms in total. The standard InChI is InChI=1S/C16H15Cl2N3/c1-16(11-2-4-12(17)5-3-11)10-20-15(19)21(16)14-8-6-13(18)7-9-14/h2-9H,10H2,1H3,(H2,19,20). The van der Waals surface area contributed by atoms with Gasteiger partial charge in [-0.3, -0.25) is 4.99 Å². The van der Waals surface area contributed by atoms with Crippen LogP contribution in [0.1, 0.15) is 12.5 Å². The maximum absolute atomic E-state index is 6.11. The fourth-order valence-corrected chi connectivity index (χ4v) is 2.92. The number of nitrogens with two attached hydrogens (primary N) is 1. The summed E-state index contributed by atoms with van der Waals surface area (Å²) in [5, 5.41) is 1.41. The Morgan fingerprint density at radius 2 is 1.52 bits per heavy atom. The first-order valence-electron chi connectivity index (χ1n) is 6.62. The van der Waals surface area contributed by atoms with E-state index in [1.807, 2.05) is 53.4 Å². The molecule has 1 heterocycles. The average Bonchev–Trinajstić information content (AvgIpc) is 2.78. The molecule has 1 unspecified atom stereocenters. The molecule has 0 fully saturated rings. The monoisotopic (exact) mass is 319 g/mol. The van der Waals surface area contributed by atoms with E-state index < -0.39 is 0 Å². The van der Waals surface area contributed by atoms with E-state index in [-0.39, 0.29) is 5.54 Å². The van der Waals surface area contributed by atoms with E-state index in [2.05, 4.69) is 11.9 Å². The predicted molar refractivity (Wildman–Crippen MR) is 89.2 cm³/mol. The Labute approximate surface area is 134 Å². The maximum Gasteiger partial charge on any atom is 0.196 e. The zero-order valence-corrected chi connectivity index (χ0v) is 13.1. The minimum atomic E-state index is -0.331. The van der Waals surface area contributed by atoms with Crippen LogP contribution in [0.4, 0.5) is 5.69 Å². The molecule has 0 bridgehead atoms. The molecule has 0 spiro atoms. The van der Waals surface area contributed by atoms with Gasteiger partial charge in [-0.25, -0.2) is 0 Å². The summed E-state index contributed by atoms with van der Waals surface area (Å²) in [6.07, 6.45) is 0. The van der Waals surface area contributed by atoms with Crippen LogP contribution in [-0.2, 0) is 5.54 Å². The minimum Gasteiger partial charge on any atom is -0.369 e. The molecule has 1 aliphatic heterocycles. The lowest BCUT2D eigenvalue weighted by Gasteiger charge is -2.36. The summed E-state index contributed by atoms with van der Waals surface area (Å²) in [6, 6.07) is 15.4. The van der Waals surface area contributed by atoms with Gasteiger partial charge in [0.2, 0.25) is 0 Å². The molecule has 108 valence electrons. The summed E-state index contributed by atoms with van der Waals surface area (Å²) in [4.78, 5) is 6.46. The van der Waals surface area contributed by atoms with Crippen LogP contribution in [0, 0.1) is 0 Å². The van der Waals surface area contributed by atoms with Crippen molar-refractivity contribution in [2.45, 2.75) is 12.5 Å². The van der Waals surface area contributed by atoms with Crippen molar-refractivity contribution < 1.29 is 0 Å². The van der Waals surface area contributed by atoms with E-state index in [9.17, 15) is 0 Å². The number of rotatable bonds is 2. The van der Waals surface area contributed by atoms with Crippen molar-refractivity contribution >= 4 is 34.8 Å². The highest BCUT2D eigenvalue weighted by Gasteiger charge is 2.40. The number of hydrogen-bond acceptors (Lipinski definition) is 3. The third-order valence-electron chi connectivity index (χ3n) is 3.82. The molecule has 3 rings (SSSR count). The van der Waals surface area contributed by atoms with Crippen LogP contribution >= 0.6 is 23.2 Å². The molecule has 5 heteroatoms. The zero-order chi connectivity index (χ0) is 15.0. The summed E-state index contributed by atoms with van der Waals surface area (Å²) in [6.45, 7) is 2.72. The number of anilines is 1. The third-order valence-corrected chi connectivity index (χ3v) is 4.33. The molecule has 0 saturated heterocycles. The fourth-order valence-electron chi connectivity index (χ4n) is 2.67. The molecule has 0 saturated carbocycles. The number of hydrogen-bond donors (Lipinski definition) is 1. The van der Waals surface area contributed by atoms with Gasteiger partial charge >= 0.3 is 0 Å². The molecule has 0 radical (unpaired) electrons. The smallest absolute Gasteiger partial charge is 0.196 e. The van der Waals surface area contributed by atoms with E-state index >= 15 is 0 Å². The normalized spacial score (nSPS) is 21.5. The number of aliphatic imine (C=N–C) groups is 1. The molecule has 21 heavy (non-hydrogen) atoms. The minimum absolute atomic E-state index is 0.331. The fraction of sp³-hybridized carbons (Fsp3) is 0.188. The van der Waals surface area contributed by atoms with Gasteiger partial charge in [-0.1, -0.05) is 35.3 Å². The van der Waals surface area contributed by atoms with E-state index in [1.165, 1.54) is 0 Å². The van der Waals surface area contributed by atoms with Crippen LogP contribution in [-0.4, -0.2) is 12.5 Å². The lowest BCUT2D eigenvalue weighted by Crippen LogP contribution is -2.47. The largest absolute Gasteiger partial charge is 0.369 e. The summed E-state index contributed by atoms with van der Waals surface area (Å²) in [5.74, 6) is 0.509. The summed E-state index contributed by atoms with van der Waals surface area (Å²) in [7, 11) is 0. The SMILES string of the molecule is CC1(c2ccc(Cl)cc2)CN=C(N)N1c1ccc(Cl)cc1. The molecular formula is C16H15Cl2N3. The van der Waals surface area contributed by atoms with Gasteiger partial charge in [-0.05, 0) is 48.9 Å². The number of guanidine groups is 1. The van der Waals surface area contributed by atoms with Gasteiger partial charge in [0, 0.05) is 15.7 Å². The van der Waals surface area contributed by atoms with E-state index in [1.54, 1.807) is 0 Å². The molecule has 2 aromatic rings. The van der Waals surface area contributed by atoms with Crippen LogP contribution in [0.5, 0.6) is 0 Å². The first-order valence-corrected chi connectivity index (χ1v) is 7.38. The van der Waals surface area contributed by atoms with Crippen LogP contribution < -0.4 is 10.6 Å². The van der Waals surface area contributed by atoms with Gasteiger partial charge in [0.25, 0.3) is 0 Å². The van der Waals surface area contributed by atoms with Gasteiger partial charge in [0.05, 0.1) is 12.1 Å². The van der Waals surface area contributed by atoms with Crippen molar-refractivity contribution in [3.05, 3.63) is 64.1 Å². The molecule has 2 N–H and O–H groups in total. The zero-order valence-electron chi connectivity index (χ0n) is 11.6. The highest BCUT2D eigenvalue weighted by Crippen LogP contribution is 2.37. The lowest BCUT2D eigenvalue weighted by atomic mass is 9.90. The summed E-state index contributed by atoms with van der Waals surface area (Å²) < 4.78 is 0. The summed E-state index contributed by atoms with van der Waals surface area (Å²) >= 11 is 11.9. The Kier molecular flexibility index (Phi) is 3.56. The van der Waals surface area contributed by atoms with Crippen molar-refractivity contribution in [3.8, 4) is 0 Å². The van der Waals surface area contributed by atoms with Crippen LogP contribution in [0.3, 0.4) is 0 Å². The van der Waals surface area contributed by atoms with E-state index in [0.717, 1.165) is 11.3 Å². The van der Waals surface area contributed by atoms with Gasteiger partial charge < -0.3 is 10.6 Å². The predicted octanol–water partition coefficient (Wildman–Crippen LogP) is 4.04. The Bertz CT molecular complexity index is 680. The van der Waals surface area contributed by atoms with Gasteiger partial charge in [-0.2, -0.15) is 0 Å². The van der Waals surface area contributed by atoms with Crippen LogP contribution in [0.2, 0.25) is 10.0 Å². The topological polar surface area (TPSA) is 41.6 Å².